The molecule has 0 bridgehead atoms. The second-order valence-corrected chi connectivity index (χ2v) is 9.22. The summed E-state index contributed by atoms with van der Waals surface area (Å²) in [5, 5.41) is 14.9. The van der Waals surface area contributed by atoms with Crippen molar-refractivity contribution in [3.8, 4) is 0 Å². The first-order valence-electron chi connectivity index (χ1n) is 9.46. The van der Waals surface area contributed by atoms with E-state index in [4.69, 9.17) is 5.11 Å². The fraction of sp³-hybridized carbons (Fsp3) is 0.500. The van der Waals surface area contributed by atoms with Gasteiger partial charge in [0, 0.05) is 22.9 Å². The second-order valence-electron chi connectivity index (χ2n) is 7.35. The summed E-state index contributed by atoms with van der Waals surface area (Å²) in [4.78, 5) is 19.1. The number of aromatic amines is 1. The Balaban J connectivity index is 1.66. The van der Waals surface area contributed by atoms with Crippen molar-refractivity contribution in [2.75, 3.05) is 17.3 Å². The van der Waals surface area contributed by atoms with E-state index in [2.05, 4.69) is 39.7 Å². The van der Waals surface area contributed by atoms with Gasteiger partial charge >= 0.3 is 5.97 Å². The van der Waals surface area contributed by atoms with Crippen LogP contribution in [0.15, 0.2) is 23.2 Å². The molecule has 3 N–H and O–H groups in total. The van der Waals surface area contributed by atoms with Crippen molar-refractivity contribution in [2.24, 2.45) is 4.99 Å². The van der Waals surface area contributed by atoms with Gasteiger partial charge in [-0.3, -0.25) is 9.79 Å². The van der Waals surface area contributed by atoms with Crippen LogP contribution in [0.5, 0.6) is 0 Å². The molecule has 1 aromatic carbocycles. The monoisotopic (exact) mass is 403 g/mol. The lowest BCUT2D eigenvalue weighted by Crippen LogP contribution is -2.14. The first-order valence-corrected chi connectivity index (χ1v) is 11.8. The number of H-pyrrole nitrogens is 1. The maximum Gasteiger partial charge on any atom is 0.305 e. The van der Waals surface area contributed by atoms with Crippen LogP contribution in [-0.2, 0) is 10.5 Å². The van der Waals surface area contributed by atoms with Gasteiger partial charge in [0.1, 0.15) is 5.04 Å². The highest BCUT2D eigenvalue weighted by atomic mass is 32.2. The van der Waals surface area contributed by atoms with Gasteiger partial charge in [-0.25, -0.2) is 0 Å². The number of anilines is 1. The molecule has 1 aromatic heterocycles. The Morgan fingerprint density at radius 1 is 1.37 bits per heavy atom. The number of benzene rings is 1. The first kappa shape index (κ1) is 18.7. The minimum atomic E-state index is -0.785. The number of fused-ring (bicyclic) bond motifs is 1. The molecule has 7 heteroatoms. The lowest BCUT2D eigenvalue weighted by Gasteiger charge is -2.15. The molecule has 2 aliphatic rings. The number of aliphatic carboxylic acids is 1. The molecule has 144 valence electrons. The summed E-state index contributed by atoms with van der Waals surface area (Å²) in [6.07, 6.45) is 7.31. The molecule has 2 heterocycles. The zero-order chi connectivity index (χ0) is 18.8. The van der Waals surface area contributed by atoms with E-state index in [0.29, 0.717) is 6.04 Å². The van der Waals surface area contributed by atoms with Gasteiger partial charge in [-0.2, -0.15) is 11.8 Å². The van der Waals surface area contributed by atoms with E-state index in [9.17, 15) is 4.79 Å². The minimum Gasteiger partial charge on any atom is -0.481 e. The van der Waals surface area contributed by atoms with Gasteiger partial charge in [-0.05, 0) is 42.9 Å². The van der Waals surface area contributed by atoms with E-state index in [1.54, 1.807) is 11.8 Å². The highest BCUT2D eigenvalue weighted by molar-refractivity contribution is 8.14. The molecule has 0 amide bonds. The molecule has 0 saturated heterocycles. The quantitative estimate of drug-likeness (QED) is 0.623. The van der Waals surface area contributed by atoms with Crippen LogP contribution in [0, 0.1) is 0 Å². The maximum atomic E-state index is 11.0. The number of carbonyl (C=O) groups is 1. The molecule has 2 aromatic rings. The van der Waals surface area contributed by atoms with Gasteiger partial charge in [0.2, 0.25) is 0 Å². The number of aliphatic imine (C=N–C) groups is 1. The topological polar surface area (TPSA) is 77.5 Å². The van der Waals surface area contributed by atoms with E-state index >= 15 is 0 Å². The number of rotatable bonds is 7. The molecule has 0 radical (unpaired) electrons. The van der Waals surface area contributed by atoms with Crippen LogP contribution in [0.3, 0.4) is 0 Å². The number of aromatic nitrogens is 1. The number of carboxylic acids is 1. The van der Waals surface area contributed by atoms with Gasteiger partial charge in [-0.15, -0.1) is 11.8 Å². The van der Waals surface area contributed by atoms with Crippen molar-refractivity contribution >= 4 is 51.1 Å². The van der Waals surface area contributed by atoms with E-state index in [0.717, 1.165) is 27.8 Å². The number of nitrogens with zero attached hydrogens (tertiary/aromatic N) is 1. The van der Waals surface area contributed by atoms with Crippen molar-refractivity contribution in [2.45, 2.75) is 49.9 Å². The third-order valence-corrected chi connectivity index (χ3v) is 6.94. The highest BCUT2D eigenvalue weighted by Crippen LogP contribution is 2.33. The van der Waals surface area contributed by atoms with E-state index in [1.165, 1.54) is 42.3 Å². The summed E-state index contributed by atoms with van der Waals surface area (Å²) in [7, 11) is 0. The average molecular weight is 404 g/mol. The summed E-state index contributed by atoms with van der Waals surface area (Å²) in [5.74, 6) is 0.945. The Morgan fingerprint density at radius 2 is 2.19 bits per heavy atom. The molecule has 5 nitrogen and oxygen atoms in total. The predicted molar refractivity (Wildman–Crippen MR) is 116 cm³/mol. The lowest BCUT2D eigenvalue weighted by molar-refractivity contribution is -0.137. The average Bonchev–Trinajstić information content (AvgIpc) is 3.34. The molecule has 0 spiro atoms. The van der Waals surface area contributed by atoms with Crippen molar-refractivity contribution in [3.05, 3.63) is 29.5 Å². The maximum absolute atomic E-state index is 11.0. The molecule has 1 aliphatic heterocycles. The zero-order valence-electron chi connectivity index (χ0n) is 15.5. The number of hydrogen-bond donors (Lipinski definition) is 3. The molecule has 1 saturated carbocycles. The molecule has 1 aliphatic carbocycles. The summed E-state index contributed by atoms with van der Waals surface area (Å²) >= 11 is 3.48. The molecule has 1 atom stereocenters. The van der Waals surface area contributed by atoms with Gasteiger partial charge in [0.25, 0.3) is 0 Å². The fourth-order valence-electron chi connectivity index (χ4n) is 3.94. The standard InChI is InChI=1S/C20H25N3O2S2/c1-26-10-12-6-13-8-17(20-22-15(11-27-20)9-18(24)25)23-19(13)16(7-12)21-14-4-2-3-5-14/h6-8,14-15,21,23H,2-5,9-11H2,1H3,(H,24,25). The SMILES string of the molecule is CSCc1cc(NC2CCCC2)c2[nH]c(C3=NC(CC(=O)O)CS3)cc2c1. The third-order valence-electron chi connectivity index (χ3n) is 5.17. The van der Waals surface area contributed by atoms with Crippen LogP contribution >= 0.6 is 23.5 Å². The number of thioether (sulfide) groups is 2. The normalized spacial score (nSPS) is 20.3. The largest absolute Gasteiger partial charge is 0.481 e. The van der Waals surface area contributed by atoms with Crippen molar-refractivity contribution in [1.82, 2.24) is 4.98 Å². The van der Waals surface area contributed by atoms with E-state index in [-0.39, 0.29) is 12.5 Å². The Labute approximate surface area is 167 Å². The second kappa shape index (κ2) is 8.19. The number of hydrogen-bond acceptors (Lipinski definition) is 5. The molecular weight excluding hydrogens is 378 g/mol. The Hall–Kier alpha value is -1.60. The van der Waals surface area contributed by atoms with Crippen LogP contribution in [0.4, 0.5) is 5.69 Å². The van der Waals surface area contributed by atoms with Crippen molar-refractivity contribution in [1.29, 1.82) is 0 Å². The summed E-state index contributed by atoms with van der Waals surface area (Å²) in [6.45, 7) is 0. The Bertz CT molecular complexity index is 871. The van der Waals surface area contributed by atoms with Gasteiger partial charge in [-0.1, -0.05) is 12.8 Å². The third kappa shape index (κ3) is 4.29. The van der Waals surface area contributed by atoms with Gasteiger partial charge < -0.3 is 15.4 Å². The number of carboxylic acid groups (broad SMARTS) is 1. The molecule has 4 rings (SSSR count). The predicted octanol–water partition coefficient (Wildman–Crippen LogP) is 4.72. The van der Waals surface area contributed by atoms with Crippen LogP contribution < -0.4 is 5.32 Å². The zero-order valence-corrected chi connectivity index (χ0v) is 17.1. The fourth-order valence-corrected chi connectivity index (χ4v) is 5.48. The first-order chi connectivity index (χ1) is 13.1. The number of nitrogens with one attached hydrogen (secondary N) is 2. The summed E-state index contributed by atoms with van der Waals surface area (Å²) in [5.41, 5.74) is 4.64. The van der Waals surface area contributed by atoms with E-state index in [1.807, 2.05) is 11.8 Å². The Kier molecular flexibility index (Phi) is 5.68. The molecular formula is C20H25N3O2S2. The van der Waals surface area contributed by atoms with Crippen molar-refractivity contribution < 1.29 is 9.90 Å². The lowest BCUT2D eigenvalue weighted by atomic mass is 10.1. The molecule has 1 fully saturated rings. The van der Waals surface area contributed by atoms with Crippen LogP contribution in [0.25, 0.3) is 10.9 Å². The Morgan fingerprint density at radius 3 is 2.93 bits per heavy atom. The summed E-state index contributed by atoms with van der Waals surface area (Å²) < 4.78 is 0. The molecule has 1 unspecified atom stereocenters. The van der Waals surface area contributed by atoms with E-state index < -0.39 is 5.97 Å². The van der Waals surface area contributed by atoms with Crippen LogP contribution in [-0.4, -0.2) is 45.2 Å². The smallest absolute Gasteiger partial charge is 0.305 e. The molecule has 27 heavy (non-hydrogen) atoms. The van der Waals surface area contributed by atoms with Crippen LogP contribution in [0.1, 0.15) is 43.4 Å². The highest BCUT2D eigenvalue weighted by Gasteiger charge is 2.23. The summed E-state index contributed by atoms with van der Waals surface area (Å²) in [6, 6.07) is 7.11. The minimum absolute atomic E-state index is 0.100. The van der Waals surface area contributed by atoms with Crippen LogP contribution in [0.2, 0.25) is 0 Å². The van der Waals surface area contributed by atoms with Gasteiger partial charge in [0.15, 0.2) is 0 Å². The van der Waals surface area contributed by atoms with Crippen molar-refractivity contribution in [3.63, 3.8) is 0 Å². The van der Waals surface area contributed by atoms with Gasteiger partial charge in [0.05, 0.1) is 29.4 Å².